The normalized spacial score (nSPS) is 13.3. The van der Waals surface area contributed by atoms with Gasteiger partial charge in [0.15, 0.2) is 0 Å². The van der Waals surface area contributed by atoms with Crippen LogP contribution in [0.3, 0.4) is 0 Å². The third-order valence-electron chi connectivity index (χ3n) is 3.87. The van der Waals surface area contributed by atoms with Crippen LogP contribution in [0.25, 0.3) is 0 Å². The lowest BCUT2D eigenvalue weighted by Gasteiger charge is -2.29. The molecule has 1 heterocycles. The van der Waals surface area contributed by atoms with Crippen LogP contribution in [0.15, 0.2) is 35.7 Å². The van der Waals surface area contributed by atoms with Gasteiger partial charge in [-0.15, -0.1) is 11.3 Å². The van der Waals surface area contributed by atoms with Gasteiger partial charge in [0.2, 0.25) is 0 Å². The Labute approximate surface area is 132 Å². The Balaban J connectivity index is 1.80. The van der Waals surface area contributed by atoms with E-state index in [0.29, 0.717) is 6.04 Å². The highest BCUT2D eigenvalue weighted by atomic mass is 32.1. The quantitative estimate of drug-likeness (QED) is 0.823. The summed E-state index contributed by atoms with van der Waals surface area (Å²) >= 11 is 1.76. The van der Waals surface area contributed by atoms with E-state index in [-0.39, 0.29) is 5.41 Å². The number of hydrogen-bond acceptors (Lipinski definition) is 3. The van der Waals surface area contributed by atoms with Crippen LogP contribution >= 0.6 is 11.3 Å². The standard InChI is InChI=1S/C18H26N2S/c1-14(19-11-10-17-20-15(2)13-21-17)12-18(3,4)16-8-6-5-7-9-16/h5-9,13-14,19H,10-12H2,1-4H3. The summed E-state index contributed by atoms with van der Waals surface area (Å²) in [6.45, 7) is 9.98. The molecule has 0 bridgehead atoms. The molecule has 0 spiro atoms. The lowest BCUT2D eigenvalue weighted by Crippen LogP contribution is -2.34. The van der Waals surface area contributed by atoms with Gasteiger partial charge in [-0.2, -0.15) is 0 Å². The number of aryl methyl sites for hydroxylation is 1. The summed E-state index contributed by atoms with van der Waals surface area (Å²) in [7, 11) is 0. The fraction of sp³-hybridized carbons (Fsp3) is 0.500. The molecule has 0 radical (unpaired) electrons. The van der Waals surface area contributed by atoms with Crippen molar-refractivity contribution in [1.29, 1.82) is 0 Å². The van der Waals surface area contributed by atoms with E-state index in [4.69, 9.17) is 0 Å². The number of nitrogens with zero attached hydrogens (tertiary/aromatic N) is 1. The molecule has 2 rings (SSSR count). The van der Waals surface area contributed by atoms with Crippen LogP contribution in [-0.4, -0.2) is 17.6 Å². The average molecular weight is 302 g/mol. The lowest BCUT2D eigenvalue weighted by atomic mass is 9.79. The van der Waals surface area contributed by atoms with Crippen LogP contribution < -0.4 is 5.32 Å². The molecule has 0 fully saturated rings. The van der Waals surface area contributed by atoms with Gasteiger partial charge in [-0.3, -0.25) is 0 Å². The summed E-state index contributed by atoms with van der Waals surface area (Å²) in [6, 6.07) is 11.3. The maximum absolute atomic E-state index is 4.51. The SMILES string of the molecule is Cc1csc(CCNC(C)CC(C)(C)c2ccccc2)n1. The van der Waals surface area contributed by atoms with Gasteiger partial charge < -0.3 is 5.32 Å². The molecule has 1 unspecified atom stereocenters. The molecule has 1 atom stereocenters. The van der Waals surface area contributed by atoms with Gasteiger partial charge in [0.1, 0.15) is 0 Å². The first-order valence-electron chi connectivity index (χ1n) is 7.67. The van der Waals surface area contributed by atoms with Crippen LogP contribution in [0.4, 0.5) is 0 Å². The molecule has 1 aromatic carbocycles. The Morgan fingerprint density at radius 3 is 2.57 bits per heavy atom. The molecule has 0 amide bonds. The van der Waals surface area contributed by atoms with Crippen LogP contribution in [0, 0.1) is 6.92 Å². The summed E-state index contributed by atoms with van der Waals surface area (Å²) in [5, 5.41) is 6.99. The molecule has 0 aliphatic heterocycles. The first-order valence-corrected chi connectivity index (χ1v) is 8.55. The summed E-state index contributed by atoms with van der Waals surface area (Å²) in [6.07, 6.45) is 2.16. The van der Waals surface area contributed by atoms with E-state index in [2.05, 4.69) is 73.7 Å². The van der Waals surface area contributed by atoms with E-state index in [1.807, 2.05) is 0 Å². The van der Waals surface area contributed by atoms with Crippen LogP contribution in [-0.2, 0) is 11.8 Å². The first-order chi connectivity index (χ1) is 9.97. The maximum Gasteiger partial charge on any atom is 0.0940 e. The van der Waals surface area contributed by atoms with E-state index in [0.717, 1.165) is 25.1 Å². The summed E-state index contributed by atoms with van der Waals surface area (Å²) in [5.74, 6) is 0. The van der Waals surface area contributed by atoms with Crippen molar-refractivity contribution in [3.63, 3.8) is 0 Å². The van der Waals surface area contributed by atoms with Crippen molar-refractivity contribution in [2.75, 3.05) is 6.54 Å². The Morgan fingerprint density at radius 1 is 1.24 bits per heavy atom. The van der Waals surface area contributed by atoms with Crippen LogP contribution in [0.2, 0.25) is 0 Å². The van der Waals surface area contributed by atoms with Crippen molar-refractivity contribution >= 4 is 11.3 Å². The zero-order valence-corrected chi connectivity index (χ0v) is 14.3. The minimum Gasteiger partial charge on any atom is -0.314 e. The van der Waals surface area contributed by atoms with Gasteiger partial charge in [-0.05, 0) is 31.2 Å². The molecule has 0 saturated carbocycles. The molecular formula is C18H26N2S. The van der Waals surface area contributed by atoms with E-state index >= 15 is 0 Å². The topological polar surface area (TPSA) is 24.9 Å². The van der Waals surface area contributed by atoms with Gasteiger partial charge in [0.05, 0.1) is 5.01 Å². The number of hydrogen-bond donors (Lipinski definition) is 1. The molecule has 3 heteroatoms. The Hall–Kier alpha value is -1.19. The van der Waals surface area contributed by atoms with E-state index in [9.17, 15) is 0 Å². The minimum absolute atomic E-state index is 0.200. The van der Waals surface area contributed by atoms with Crippen molar-refractivity contribution in [1.82, 2.24) is 10.3 Å². The second-order valence-electron chi connectivity index (χ2n) is 6.44. The van der Waals surface area contributed by atoms with Crippen molar-refractivity contribution in [2.45, 2.75) is 52.0 Å². The zero-order valence-electron chi connectivity index (χ0n) is 13.5. The summed E-state index contributed by atoms with van der Waals surface area (Å²) in [5.41, 5.74) is 2.74. The molecule has 21 heavy (non-hydrogen) atoms. The molecule has 1 aromatic heterocycles. The third-order valence-corrected chi connectivity index (χ3v) is 4.90. The fourth-order valence-electron chi connectivity index (χ4n) is 2.79. The minimum atomic E-state index is 0.200. The van der Waals surface area contributed by atoms with Crippen molar-refractivity contribution in [2.24, 2.45) is 0 Å². The molecular weight excluding hydrogens is 276 g/mol. The van der Waals surface area contributed by atoms with E-state index in [1.54, 1.807) is 11.3 Å². The van der Waals surface area contributed by atoms with Gasteiger partial charge in [-0.25, -0.2) is 4.98 Å². The largest absolute Gasteiger partial charge is 0.314 e. The Morgan fingerprint density at radius 2 is 1.95 bits per heavy atom. The van der Waals surface area contributed by atoms with Crippen LogP contribution in [0.5, 0.6) is 0 Å². The number of thiazole rings is 1. The highest BCUT2D eigenvalue weighted by Crippen LogP contribution is 2.28. The van der Waals surface area contributed by atoms with Crippen LogP contribution in [0.1, 0.15) is 43.5 Å². The third kappa shape index (κ3) is 4.94. The predicted molar refractivity (Wildman–Crippen MR) is 92.1 cm³/mol. The van der Waals surface area contributed by atoms with Crippen molar-refractivity contribution < 1.29 is 0 Å². The molecule has 2 nitrogen and oxygen atoms in total. The number of aromatic nitrogens is 1. The average Bonchev–Trinajstić information content (AvgIpc) is 2.85. The molecule has 114 valence electrons. The fourth-order valence-corrected chi connectivity index (χ4v) is 3.56. The van der Waals surface area contributed by atoms with Gasteiger partial charge >= 0.3 is 0 Å². The summed E-state index contributed by atoms with van der Waals surface area (Å²) < 4.78 is 0. The second-order valence-corrected chi connectivity index (χ2v) is 7.38. The predicted octanol–water partition coefficient (Wildman–Crippen LogP) is 4.34. The Bertz CT molecular complexity index is 545. The van der Waals surface area contributed by atoms with Crippen molar-refractivity contribution in [3.8, 4) is 0 Å². The maximum atomic E-state index is 4.51. The number of nitrogens with one attached hydrogen (secondary N) is 1. The molecule has 0 aliphatic rings. The highest BCUT2D eigenvalue weighted by Gasteiger charge is 2.22. The van der Waals surface area contributed by atoms with Crippen molar-refractivity contribution in [3.05, 3.63) is 52.0 Å². The molecule has 2 aromatic rings. The number of benzene rings is 1. The Kier molecular flexibility index (Phi) is 5.54. The highest BCUT2D eigenvalue weighted by molar-refractivity contribution is 7.09. The van der Waals surface area contributed by atoms with E-state index in [1.165, 1.54) is 10.6 Å². The molecule has 0 saturated heterocycles. The zero-order chi connectivity index (χ0) is 15.3. The first kappa shape index (κ1) is 16.2. The second kappa shape index (κ2) is 7.19. The lowest BCUT2D eigenvalue weighted by molar-refractivity contribution is 0.390. The number of rotatable bonds is 7. The molecule has 0 aliphatic carbocycles. The van der Waals surface area contributed by atoms with Gasteiger partial charge in [0, 0.05) is 30.1 Å². The molecule has 1 N–H and O–H groups in total. The van der Waals surface area contributed by atoms with Gasteiger partial charge in [-0.1, -0.05) is 44.2 Å². The monoisotopic (exact) mass is 302 g/mol. The van der Waals surface area contributed by atoms with Gasteiger partial charge in [0.25, 0.3) is 0 Å². The smallest absolute Gasteiger partial charge is 0.0940 e. The summed E-state index contributed by atoms with van der Waals surface area (Å²) in [4.78, 5) is 4.51. The van der Waals surface area contributed by atoms with E-state index < -0.39 is 0 Å².